The lowest BCUT2D eigenvalue weighted by Gasteiger charge is -2.20. The molecule has 0 saturated carbocycles. The first-order chi connectivity index (χ1) is 6.22. The molecule has 0 fully saturated rings. The van der Waals surface area contributed by atoms with Crippen LogP contribution in [-0.2, 0) is 14.2 Å². The normalized spacial score (nSPS) is 15.7. The van der Waals surface area contributed by atoms with E-state index in [1.165, 1.54) is 0 Å². The van der Waals surface area contributed by atoms with Crippen molar-refractivity contribution < 1.29 is 14.2 Å². The molecule has 0 radical (unpaired) electrons. The van der Waals surface area contributed by atoms with Crippen molar-refractivity contribution >= 4 is 0 Å². The fourth-order valence-electron chi connectivity index (χ4n) is 0.971. The summed E-state index contributed by atoms with van der Waals surface area (Å²) in [4.78, 5) is 0. The molecular weight excluding hydrogens is 168 g/mol. The fraction of sp³-hybridized carbons (Fsp3) is 1.00. The van der Waals surface area contributed by atoms with E-state index in [2.05, 4.69) is 0 Å². The van der Waals surface area contributed by atoms with Crippen LogP contribution in [0.25, 0.3) is 0 Å². The molecule has 13 heavy (non-hydrogen) atoms. The lowest BCUT2D eigenvalue weighted by molar-refractivity contribution is -0.0656. The smallest absolute Gasteiger partial charge is 0.0807 e. The van der Waals surface area contributed by atoms with Crippen molar-refractivity contribution in [2.75, 3.05) is 26.4 Å². The predicted molar refractivity (Wildman–Crippen MR) is 53.0 cm³/mol. The van der Waals surface area contributed by atoms with Gasteiger partial charge in [0.25, 0.3) is 0 Å². The van der Waals surface area contributed by atoms with Gasteiger partial charge >= 0.3 is 0 Å². The number of rotatable bonds is 8. The second kappa shape index (κ2) is 8.48. The fourth-order valence-corrected chi connectivity index (χ4v) is 0.971. The maximum atomic E-state index is 5.51. The van der Waals surface area contributed by atoms with Crippen LogP contribution in [0.1, 0.15) is 27.7 Å². The molecule has 2 atom stereocenters. The molecule has 0 spiro atoms. The van der Waals surface area contributed by atoms with Gasteiger partial charge in [-0.1, -0.05) is 0 Å². The Hall–Kier alpha value is -0.120. The number of hydrogen-bond acceptors (Lipinski definition) is 3. The van der Waals surface area contributed by atoms with Crippen molar-refractivity contribution in [1.29, 1.82) is 0 Å². The highest BCUT2D eigenvalue weighted by Gasteiger charge is 2.11. The van der Waals surface area contributed by atoms with Crippen LogP contribution >= 0.6 is 0 Å². The predicted octanol–water partition coefficient (Wildman–Crippen LogP) is 1.85. The zero-order valence-electron chi connectivity index (χ0n) is 9.21. The summed E-state index contributed by atoms with van der Waals surface area (Å²) in [6, 6.07) is 0. The van der Waals surface area contributed by atoms with Crippen LogP contribution in [-0.4, -0.2) is 38.6 Å². The maximum Gasteiger partial charge on any atom is 0.0807 e. The Labute approximate surface area is 81.4 Å². The highest BCUT2D eigenvalue weighted by Crippen LogP contribution is 2.02. The molecule has 0 N–H and O–H groups in total. The molecule has 3 nitrogen and oxygen atoms in total. The molecule has 0 saturated heterocycles. The van der Waals surface area contributed by atoms with Gasteiger partial charge < -0.3 is 14.2 Å². The summed E-state index contributed by atoms with van der Waals surface area (Å²) in [5.74, 6) is 0. The lowest BCUT2D eigenvalue weighted by atomic mass is 10.2. The summed E-state index contributed by atoms with van der Waals surface area (Å²) in [6.45, 7) is 10.8. The summed E-state index contributed by atoms with van der Waals surface area (Å²) >= 11 is 0. The van der Waals surface area contributed by atoms with Crippen molar-refractivity contribution in [2.45, 2.75) is 39.9 Å². The van der Waals surface area contributed by atoms with Crippen molar-refractivity contribution in [2.24, 2.45) is 0 Å². The van der Waals surface area contributed by atoms with Gasteiger partial charge in [-0.05, 0) is 27.7 Å². The summed E-state index contributed by atoms with van der Waals surface area (Å²) in [7, 11) is 0. The maximum absolute atomic E-state index is 5.51. The molecule has 2 unspecified atom stereocenters. The molecule has 3 heteroatoms. The van der Waals surface area contributed by atoms with Gasteiger partial charge in [0.05, 0.1) is 25.4 Å². The summed E-state index contributed by atoms with van der Waals surface area (Å²) in [5.41, 5.74) is 0. The van der Waals surface area contributed by atoms with Crippen molar-refractivity contribution in [1.82, 2.24) is 0 Å². The van der Waals surface area contributed by atoms with Gasteiger partial charge in [-0.25, -0.2) is 0 Å². The molecule has 0 rings (SSSR count). The molecule has 0 aliphatic heterocycles. The van der Waals surface area contributed by atoms with E-state index in [1.54, 1.807) is 0 Å². The molecular formula is C10H22O3. The van der Waals surface area contributed by atoms with Gasteiger partial charge in [-0.2, -0.15) is 0 Å². The van der Waals surface area contributed by atoms with Crippen LogP contribution in [0.5, 0.6) is 0 Å². The standard InChI is InChI=1S/C10H22O3/c1-5-11-7-8-13-10(4)9(3)12-6-2/h9-10H,5-8H2,1-4H3. The third kappa shape index (κ3) is 6.99. The minimum atomic E-state index is 0.139. The summed E-state index contributed by atoms with van der Waals surface area (Å²) < 4.78 is 16.1. The second-order valence-corrected chi connectivity index (χ2v) is 2.93. The van der Waals surface area contributed by atoms with Gasteiger partial charge in [-0.3, -0.25) is 0 Å². The minimum Gasteiger partial charge on any atom is -0.379 e. The van der Waals surface area contributed by atoms with E-state index >= 15 is 0 Å². The van der Waals surface area contributed by atoms with Crippen LogP contribution in [0.15, 0.2) is 0 Å². The molecule has 0 heterocycles. The third-order valence-corrected chi connectivity index (χ3v) is 1.90. The molecule has 80 valence electrons. The molecule has 0 amide bonds. The van der Waals surface area contributed by atoms with E-state index in [1.807, 2.05) is 27.7 Å². The Balaban J connectivity index is 3.32. The molecule has 0 aromatic carbocycles. The van der Waals surface area contributed by atoms with Crippen LogP contribution in [0, 0.1) is 0 Å². The average molecular weight is 190 g/mol. The molecule has 0 aliphatic carbocycles. The van der Waals surface area contributed by atoms with Crippen LogP contribution in [0.3, 0.4) is 0 Å². The highest BCUT2D eigenvalue weighted by atomic mass is 16.6. The van der Waals surface area contributed by atoms with E-state index in [-0.39, 0.29) is 12.2 Å². The Kier molecular flexibility index (Phi) is 8.40. The van der Waals surface area contributed by atoms with E-state index < -0.39 is 0 Å². The van der Waals surface area contributed by atoms with E-state index in [4.69, 9.17) is 14.2 Å². The summed E-state index contributed by atoms with van der Waals surface area (Å²) in [6.07, 6.45) is 0.298. The van der Waals surface area contributed by atoms with E-state index in [0.29, 0.717) is 13.2 Å². The summed E-state index contributed by atoms with van der Waals surface area (Å²) in [5, 5.41) is 0. The SMILES string of the molecule is CCOCCOC(C)C(C)OCC. The van der Waals surface area contributed by atoms with Gasteiger partial charge in [0.1, 0.15) is 0 Å². The van der Waals surface area contributed by atoms with Crippen molar-refractivity contribution in [3.63, 3.8) is 0 Å². The van der Waals surface area contributed by atoms with Gasteiger partial charge in [0.15, 0.2) is 0 Å². The molecule has 0 aliphatic rings. The number of ether oxygens (including phenoxy) is 3. The zero-order valence-corrected chi connectivity index (χ0v) is 9.21. The van der Waals surface area contributed by atoms with E-state index in [9.17, 15) is 0 Å². The molecule has 0 aromatic heterocycles. The van der Waals surface area contributed by atoms with Crippen LogP contribution in [0.4, 0.5) is 0 Å². The Morgan fingerprint density at radius 2 is 1.46 bits per heavy atom. The first kappa shape index (κ1) is 12.9. The zero-order chi connectivity index (χ0) is 10.1. The van der Waals surface area contributed by atoms with Crippen LogP contribution in [0.2, 0.25) is 0 Å². The van der Waals surface area contributed by atoms with Crippen molar-refractivity contribution in [3.8, 4) is 0 Å². The largest absolute Gasteiger partial charge is 0.379 e. The second-order valence-electron chi connectivity index (χ2n) is 2.93. The topological polar surface area (TPSA) is 27.7 Å². The lowest BCUT2D eigenvalue weighted by Crippen LogP contribution is -2.27. The van der Waals surface area contributed by atoms with E-state index in [0.717, 1.165) is 13.2 Å². The monoisotopic (exact) mass is 190 g/mol. The Bertz CT molecular complexity index is 106. The Morgan fingerprint density at radius 3 is 2.00 bits per heavy atom. The molecule has 0 aromatic rings. The third-order valence-electron chi connectivity index (χ3n) is 1.90. The number of hydrogen-bond donors (Lipinski definition) is 0. The van der Waals surface area contributed by atoms with Gasteiger partial charge in [0.2, 0.25) is 0 Å². The average Bonchev–Trinajstić information content (AvgIpc) is 2.12. The first-order valence-electron chi connectivity index (χ1n) is 5.03. The van der Waals surface area contributed by atoms with Gasteiger partial charge in [-0.15, -0.1) is 0 Å². The first-order valence-corrected chi connectivity index (χ1v) is 5.03. The minimum absolute atomic E-state index is 0.139. The molecule has 0 bridgehead atoms. The van der Waals surface area contributed by atoms with Crippen molar-refractivity contribution in [3.05, 3.63) is 0 Å². The van der Waals surface area contributed by atoms with Gasteiger partial charge in [0, 0.05) is 13.2 Å². The quantitative estimate of drug-likeness (QED) is 0.547. The highest BCUT2D eigenvalue weighted by molar-refractivity contribution is 4.59. The van der Waals surface area contributed by atoms with Crippen LogP contribution < -0.4 is 0 Å². The Morgan fingerprint density at radius 1 is 0.846 bits per heavy atom.